The van der Waals surface area contributed by atoms with Gasteiger partial charge in [0.25, 0.3) is 0 Å². The first-order valence-corrected chi connectivity index (χ1v) is 9.64. The second-order valence-corrected chi connectivity index (χ2v) is 7.13. The molecule has 1 amide bonds. The number of carbonyl (C=O) groups is 1. The molecule has 1 saturated heterocycles. The highest BCUT2D eigenvalue weighted by Gasteiger charge is 2.16. The van der Waals surface area contributed by atoms with Crippen LogP contribution in [0, 0.1) is 0 Å². The van der Waals surface area contributed by atoms with E-state index < -0.39 is 0 Å². The van der Waals surface area contributed by atoms with Crippen molar-refractivity contribution in [2.45, 2.75) is 44.9 Å². The fourth-order valence-electron chi connectivity index (χ4n) is 3.55. The fraction of sp³-hybridized carbons (Fsp3) is 0.364. The van der Waals surface area contributed by atoms with Gasteiger partial charge in [-0.3, -0.25) is 4.79 Å². The molecule has 4 rings (SSSR count). The van der Waals surface area contributed by atoms with E-state index >= 15 is 0 Å². The first kappa shape index (κ1) is 17.7. The number of imidazole rings is 1. The van der Waals surface area contributed by atoms with Crippen LogP contribution in [0.5, 0.6) is 0 Å². The minimum atomic E-state index is 0.0967. The lowest BCUT2D eigenvalue weighted by atomic mass is 10.1. The maximum atomic E-state index is 12.0. The number of amides is 1. The van der Waals surface area contributed by atoms with Crippen molar-refractivity contribution in [3.05, 3.63) is 66.0 Å². The van der Waals surface area contributed by atoms with E-state index in [2.05, 4.69) is 45.2 Å². The number of nitrogens with zero attached hydrogens (tertiary/aromatic N) is 2. The number of fused-ring (bicyclic) bond motifs is 1. The van der Waals surface area contributed by atoms with Gasteiger partial charge in [-0.2, -0.15) is 0 Å². The van der Waals surface area contributed by atoms with Crippen LogP contribution in [0.15, 0.2) is 54.9 Å². The first-order valence-electron chi connectivity index (χ1n) is 9.64. The van der Waals surface area contributed by atoms with Crippen LogP contribution in [-0.2, 0) is 22.6 Å². The van der Waals surface area contributed by atoms with E-state index in [0.717, 1.165) is 49.0 Å². The normalized spacial score (nSPS) is 16.7. The van der Waals surface area contributed by atoms with Gasteiger partial charge in [0.1, 0.15) is 0 Å². The van der Waals surface area contributed by atoms with Crippen LogP contribution in [-0.4, -0.2) is 28.2 Å². The van der Waals surface area contributed by atoms with Crippen molar-refractivity contribution in [2.75, 3.05) is 6.61 Å². The summed E-state index contributed by atoms with van der Waals surface area (Å²) >= 11 is 0. The molecule has 0 saturated carbocycles. The number of aromatic nitrogens is 2. The Morgan fingerprint density at radius 2 is 1.96 bits per heavy atom. The molecule has 1 aliphatic rings. The second kappa shape index (κ2) is 8.35. The van der Waals surface area contributed by atoms with Gasteiger partial charge in [0.05, 0.1) is 23.5 Å². The van der Waals surface area contributed by atoms with E-state index in [0.29, 0.717) is 13.0 Å². The third kappa shape index (κ3) is 4.55. The maximum Gasteiger partial charge on any atom is 0.220 e. The molecule has 0 unspecified atom stereocenters. The highest BCUT2D eigenvalue weighted by Crippen LogP contribution is 2.17. The van der Waals surface area contributed by atoms with Crippen LogP contribution >= 0.6 is 0 Å². The van der Waals surface area contributed by atoms with E-state index in [1.165, 1.54) is 5.56 Å². The lowest BCUT2D eigenvalue weighted by Crippen LogP contribution is -2.23. The van der Waals surface area contributed by atoms with Crippen LogP contribution in [0.3, 0.4) is 0 Å². The Hall–Kier alpha value is -2.66. The molecular formula is C22H25N3O2. The third-order valence-corrected chi connectivity index (χ3v) is 5.11. The number of para-hydroxylation sites is 2. The van der Waals surface area contributed by atoms with Crippen molar-refractivity contribution < 1.29 is 9.53 Å². The van der Waals surface area contributed by atoms with Gasteiger partial charge in [0, 0.05) is 26.1 Å². The molecule has 1 aliphatic heterocycles. The summed E-state index contributed by atoms with van der Waals surface area (Å²) in [5, 5.41) is 3.00. The Morgan fingerprint density at radius 3 is 2.78 bits per heavy atom. The highest BCUT2D eigenvalue weighted by molar-refractivity contribution is 5.76. The second-order valence-electron chi connectivity index (χ2n) is 7.13. The van der Waals surface area contributed by atoms with Crippen LogP contribution in [0.2, 0.25) is 0 Å². The van der Waals surface area contributed by atoms with E-state index in [4.69, 9.17) is 4.74 Å². The number of hydrogen-bond acceptors (Lipinski definition) is 3. The molecule has 140 valence electrons. The molecule has 1 aromatic heterocycles. The monoisotopic (exact) mass is 363 g/mol. The lowest BCUT2D eigenvalue weighted by Gasteiger charge is -2.10. The molecule has 1 N–H and O–H groups in total. The molecule has 5 heteroatoms. The Balaban J connectivity index is 1.27. The predicted octanol–water partition coefficient (Wildman–Crippen LogP) is 3.66. The van der Waals surface area contributed by atoms with Gasteiger partial charge in [-0.25, -0.2) is 4.98 Å². The van der Waals surface area contributed by atoms with Crippen LogP contribution in [0.1, 0.15) is 36.8 Å². The van der Waals surface area contributed by atoms with Gasteiger partial charge in [0.2, 0.25) is 5.91 Å². The van der Waals surface area contributed by atoms with E-state index in [1.807, 2.05) is 24.5 Å². The molecule has 2 aromatic carbocycles. The molecule has 0 spiro atoms. The summed E-state index contributed by atoms with van der Waals surface area (Å²) in [7, 11) is 0. The van der Waals surface area contributed by atoms with Gasteiger partial charge in [-0.05, 0) is 42.5 Å². The molecule has 0 aliphatic carbocycles. The van der Waals surface area contributed by atoms with Gasteiger partial charge < -0.3 is 14.6 Å². The Morgan fingerprint density at radius 1 is 1.15 bits per heavy atom. The van der Waals surface area contributed by atoms with E-state index in [9.17, 15) is 4.79 Å². The molecule has 0 radical (unpaired) electrons. The Labute approximate surface area is 159 Å². The number of ether oxygens (including phenoxy) is 1. The van der Waals surface area contributed by atoms with Crippen LogP contribution in [0.25, 0.3) is 11.0 Å². The number of hydrogen-bond donors (Lipinski definition) is 1. The van der Waals surface area contributed by atoms with Crippen molar-refractivity contribution in [2.24, 2.45) is 0 Å². The Bertz CT molecular complexity index is 895. The zero-order valence-corrected chi connectivity index (χ0v) is 15.4. The van der Waals surface area contributed by atoms with Crippen molar-refractivity contribution >= 4 is 16.9 Å². The topological polar surface area (TPSA) is 56.1 Å². The summed E-state index contributed by atoms with van der Waals surface area (Å²) in [6, 6.07) is 16.5. The van der Waals surface area contributed by atoms with Gasteiger partial charge in [-0.1, -0.05) is 36.4 Å². The SMILES string of the molecule is O=C(CC[C@H]1CCCO1)NCc1ccc(Cn2cnc3ccccc32)cc1. The largest absolute Gasteiger partial charge is 0.378 e. The van der Waals surface area contributed by atoms with Gasteiger partial charge in [0.15, 0.2) is 0 Å². The van der Waals surface area contributed by atoms with E-state index in [-0.39, 0.29) is 12.0 Å². The molecule has 5 nitrogen and oxygen atoms in total. The number of carbonyl (C=O) groups excluding carboxylic acids is 1. The molecular weight excluding hydrogens is 338 g/mol. The Kier molecular flexibility index (Phi) is 5.49. The zero-order valence-electron chi connectivity index (χ0n) is 15.4. The minimum Gasteiger partial charge on any atom is -0.378 e. The van der Waals surface area contributed by atoms with Crippen molar-refractivity contribution in [1.29, 1.82) is 0 Å². The maximum absolute atomic E-state index is 12.0. The molecule has 0 bridgehead atoms. The lowest BCUT2D eigenvalue weighted by molar-refractivity contribution is -0.121. The quantitative estimate of drug-likeness (QED) is 0.697. The highest BCUT2D eigenvalue weighted by atomic mass is 16.5. The van der Waals surface area contributed by atoms with Gasteiger partial charge >= 0.3 is 0 Å². The summed E-state index contributed by atoms with van der Waals surface area (Å²) in [5.41, 5.74) is 4.48. The summed E-state index contributed by atoms with van der Waals surface area (Å²) in [6.07, 6.45) is 5.72. The van der Waals surface area contributed by atoms with E-state index in [1.54, 1.807) is 0 Å². The van der Waals surface area contributed by atoms with Crippen molar-refractivity contribution in [3.8, 4) is 0 Å². The average molecular weight is 363 g/mol. The zero-order chi connectivity index (χ0) is 18.5. The number of nitrogens with one attached hydrogen (secondary N) is 1. The number of rotatable bonds is 7. The van der Waals surface area contributed by atoms with Crippen LogP contribution in [0.4, 0.5) is 0 Å². The van der Waals surface area contributed by atoms with Gasteiger partial charge in [-0.15, -0.1) is 0 Å². The molecule has 2 heterocycles. The summed E-state index contributed by atoms with van der Waals surface area (Å²) < 4.78 is 7.71. The smallest absolute Gasteiger partial charge is 0.220 e. The van der Waals surface area contributed by atoms with Crippen LogP contribution < -0.4 is 5.32 Å². The predicted molar refractivity (Wildman–Crippen MR) is 105 cm³/mol. The summed E-state index contributed by atoms with van der Waals surface area (Å²) in [5.74, 6) is 0.0967. The third-order valence-electron chi connectivity index (χ3n) is 5.11. The summed E-state index contributed by atoms with van der Waals surface area (Å²) in [4.78, 5) is 16.4. The fourth-order valence-corrected chi connectivity index (χ4v) is 3.55. The van der Waals surface area contributed by atoms with Crippen molar-refractivity contribution in [1.82, 2.24) is 14.9 Å². The summed E-state index contributed by atoms with van der Waals surface area (Å²) in [6.45, 7) is 2.20. The molecule has 3 aromatic rings. The molecule has 27 heavy (non-hydrogen) atoms. The average Bonchev–Trinajstić information content (AvgIpc) is 3.36. The minimum absolute atomic E-state index is 0.0967. The first-order chi connectivity index (χ1) is 13.3. The number of benzene rings is 2. The molecule has 1 fully saturated rings. The van der Waals surface area contributed by atoms with Crippen molar-refractivity contribution in [3.63, 3.8) is 0 Å². The standard InChI is InChI=1S/C22H25N3O2/c26-22(12-11-19-4-3-13-27-19)23-14-17-7-9-18(10-8-17)15-25-16-24-20-5-1-2-6-21(20)25/h1-2,5-10,16,19H,3-4,11-15H2,(H,23,26)/t19-/m1/s1. The molecule has 1 atom stereocenters.